The van der Waals surface area contributed by atoms with Crippen LogP contribution in [-0.4, -0.2) is 21.0 Å². The minimum absolute atomic E-state index is 0.159. The molecule has 1 aromatic heterocycles. The standard InChI is InChI=1S/C10H21N5/c1-5-10(2,3)9(12-11)6-8-7-15(4)14-13-8/h7,9,12H,5-6,11H2,1-4H3. The highest BCUT2D eigenvalue weighted by molar-refractivity contribution is 4.98. The third-order valence-corrected chi connectivity index (χ3v) is 3.12. The van der Waals surface area contributed by atoms with Crippen LogP contribution in [0.25, 0.3) is 0 Å². The van der Waals surface area contributed by atoms with Crippen LogP contribution in [0.3, 0.4) is 0 Å². The van der Waals surface area contributed by atoms with E-state index in [-0.39, 0.29) is 11.5 Å². The molecule has 5 heteroatoms. The van der Waals surface area contributed by atoms with Crippen LogP contribution in [0.4, 0.5) is 0 Å². The van der Waals surface area contributed by atoms with E-state index in [1.54, 1.807) is 4.68 Å². The molecular weight excluding hydrogens is 190 g/mol. The molecule has 0 radical (unpaired) electrons. The van der Waals surface area contributed by atoms with Gasteiger partial charge in [0.25, 0.3) is 0 Å². The van der Waals surface area contributed by atoms with Gasteiger partial charge in [-0.15, -0.1) is 5.10 Å². The smallest absolute Gasteiger partial charge is 0.0843 e. The molecule has 3 N–H and O–H groups in total. The zero-order chi connectivity index (χ0) is 11.5. The first-order chi connectivity index (χ1) is 6.99. The lowest BCUT2D eigenvalue weighted by Gasteiger charge is -2.32. The number of rotatable bonds is 5. The van der Waals surface area contributed by atoms with Crippen molar-refractivity contribution in [1.82, 2.24) is 20.4 Å². The lowest BCUT2D eigenvalue weighted by molar-refractivity contribution is 0.230. The molecule has 0 saturated carbocycles. The van der Waals surface area contributed by atoms with Gasteiger partial charge < -0.3 is 0 Å². The predicted molar refractivity (Wildman–Crippen MR) is 59.9 cm³/mol. The summed E-state index contributed by atoms with van der Waals surface area (Å²) in [6.45, 7) is 6.57. The second-order valence-corrected chi connectivity index (χ2v) is 4.65. The van der Waals surface area contributed by atoms with E-state index in [0.29, 0.717) is 0 Å². The molecule has 1 atom stereocenters. The van der Waals surface area contributed by atoms with Gasteiger partial charge in [-0.05, 0) is 11.8 Å². The number of hydrogen-bond donors (Lipinski definition) is 2. The van der Waals surface area contributed by atoms with E-state index in [4.69, 9.17) is 5.84 Å². The van der Waals surface area contributed by atoms with Crippen molar-refractivity contribution in [2.45, 2.75) is 39.7 Å². The Kier molecular flexibility index (Phi) is 3.82. The molecular formula is C10H21N5. The van der Waals surface area contributed by atoms with Gasteiger partial charge in [-0.1, -0.05) is 26.0 Å². The summed E-state index contributed by atoms with van der Waals surface area (Å²) >= 11 is 0. The second-order valence-electron chi connectivity index (χ2n) is 4.65. The zero-order valence-corrected chi connectivity index (χ0v) is 9.99. The minimum atomic E-state index is 0.159. The number of nitrogens with zero attached hydrogens (tertiary/aromatic N) is 3. The number of nitrogens with two attached hydrogens (primary N) is 1. The van der Waals surface area contributed by atoms with Crippen LogP contribution in [0.15, 0.2) is 6.20 Å². The highest BCUT2D eigenvalue weighted by Gasteiger charge is 2.27. The van der Waals surface area contributed by atoms with Gasteiger partial charge >= 0.3 is 0 Å². The van der Waals surface area contributed by atoms with E-state index >= 15 is 0 Å². The lowest BCUT2D eigenvalue weighted by atomic mass is 9.80. The number of aromatic nitrogens is 3. The maximum atomic E-state index is 5.58. The SMILES string of the molecule is CCC(C)(C)C(Cc1cn(C)nn1)NN. The van der Waals surface area contributed by atoms with Crippen molar-refractivity contribution < 1.29 is 0 Å². The van der Waals surface area contributed by atoms with Gasteiger partial charge in [0.2, 0.25) is 0 Å². The van der Waals surface area contributed by atoms with E-state index in [1.165, 1.54) is 0 Å². The number of hydrazine groups is 1. The van der Waals surface area contributed by atoms with E-state index < -0.39 is 0 Å². The van der Waals surface area contributed by atoms with Crippen molar-refractivity contribution in [3.8, 4) is 0 Å². The maximum absolute atomic E-state index is 5.58. The molecule has 0 aliphatic carbocycles. The van der Waals surface area contributed by atoms with E-state index in [0.717, 1.165) is 18.5 Å². The van der Waals surface area contributed by atoms with Crippen molar-refractivity contribution in [1.29, 1.82) is 0 Å². The average Bonchev–Trinajstić information content (AvgIpc) is 2.60. The molecule has 15 heavy (non-hydrogen) atoms. The van der Waals surface area contributed by atoms with Crippen LogP contribution >= 0.6 is 0 Å². The Balaban J connectivity index is 2.69. The van der Waals surface area contributed by atoms with Gasteiger partial charge in [0.05, 0.1) is 5.69 Å². The molecule has 0 fully saturated rings. The van der Waals surface area contributed by atoms with Crippen molar-refractivity contribution in [3.63, 3.8) is 0 Å². The van der Waals surface area contributed by atoms with Crippen LogP contribution in [0.5, 0.6) is 0 Å². The lowest BCUT2D eigenvalue weighted by Crippen LogP contribution is -2.47. The normalized spacial score (nSPS) is 14.2. The van der Waals surface area contributed by atoms with Gasteiger partial charge in [0, 0.05) is 25.7 Å². The number of aryl methyl sites for hydroxylation is 1. The van der Waals surface area contributed by atoms with Crippen molar-refractivity contribution in [2.75, 3.05) is 0 Å². The third kappa shape index (κ3) is 3.00. The van der Waals surface area contributed by atoms with Crippen LogP contribution < -0.4 is 11.3 Å². The maximum Gasteiger partial charge on any atom is 0.0843 e. The topological polar surface area (TPSA) is 68.8 Å². The van der Waals surface area contributed by atoms with Crippen molar-refractivity contribution in [2.24, 2.45) is 18.3 Å². The summed E-state index contributed by atoms with van der Waals surface area (Å²) in [5, 5.41) is 7.98. The first kappa shape index (κ1) is 12.1. The van der Waals surface area contributed by atoms with Gasteiger partial charge in [-0.25, -0.2) is 0 Å². The molecule has 1 unspecified atom stereocenters. The first-order valence-corrected chi connectivity index (χ1v) is 5.31. The average molecular weight is 211 g/mol. The minimum Gasteiger partial charge on any atom is -0.271 e. The summed E-state index contributed by atoms with van der Waals surface area (Å²) in [7, 11) is 1.87. The molecule has 0 saturated heterocycles. The van der Waals surface area contributed by atoms with Gasteiger partial charge in [-0.2, -0.15) is 0 Å². The molecule has 0 aromatic carbocycles. The molecule has 0 spiro atoms. The Bertz CT molecular complexity index is 305. The molecule has 86 valence electrons. The fraction of sp³-hybridized carbons (Fsp3) is 0.800. The fourth-order valence-electron chi connectivity index (χ4n) is 1.51. The highest BCUT2D eigenvalue weighted by Crippen LogP contribution is 2.26. The summed E-state index contributed by atoms with van der Waals surface area (Å²) < 4.78 is 1.71. The van der Waals surface area contributed by atoms with E-state index in [1.807, 2.05) is 13.2 Å². The summed E-state index contributed by atoms with van der Waals surface area (Å²) in [5.41, 5.74) is 4.01. The van der Waals surface area contributed by atoms with Crippen LogP contribution in [0, 0.1) is 5.41 Å². The summed E-state index contributed by atoms with van der Waals surface area (Å²) in [6.07, 6.45) is 3.81. The summed E-state index contributed by atoms with van der Waals surface area (Å²) in [5.74, 6) is 5.58. The largest absolute Gasteiger partial charge is 0.271 e. The van der Waals surface area contributed by atoms with Crippen LogP contribution in [-0.2, 0) is 13.5 Å². The van der Waals surface area contributed by atoms with Crippen molar-refractivity contribution >= 4 is 0 Å². The molecule has 1 aromatic rings. The van der Waals surface area contributed by atoms with Gasteiger partial charge in [0.1, 0.15) is 0 Å². The Hall–Kier alpha value is -0.940. The predicted octanol–water partition coefficient (Wildman–Crippen LogP) is 0.626. The Morgan fingerprint density at radius 2 is 2.27 bits per heavy atom. The molecule has 5 nitrogen and oxygen atoms in total. The molecule has 0 amide bonds. The number of nitrogens with one attached hydrogen (secondary N) is 1. The van der Waals surface area contributed by atoms with Crippen LogP contribution in [0.1, 0.15) is 32.9 Å². The summed E-state index contributed by atoms with van der Waals surface area (Å²) in [6, 6.07) is 0.221. The van der Waals surface area contributed by atoms with E-state index in [9.17, 15) is 0 Å². The third-order valence-electron chi connectivity index (χ3n) is 3.12. The zero-order valence-electron chi connectivity index (χ0n) is 9.99. The monoisotopic (exact) mass is 211 g/mol. The number of hydrogen-bond acceptors (Lipinski definition) is 4. The molecule has 0 aliphatic heterocycles. The summed E-state index contributed by atoms with van der Waals surface area (Å²) in [4.78, 5) is 0. The quantitative estimate of drug-likeness (QED) is 0.553. The molecule has 1 rings (SSSR count). The highest BCUT2D eigenvalue weighted by atomic mass is 15.4. The van der Waals surface area contributed by atoms with Crippen molar-refractivity contribution in [3.05, 3.63) is 11.9 Å². The molecule has 0 bridgehead atoms. The Labute approximate surface area is 91.0 Å². The molecule has 0 aliphatic rings. The Morgan fingerprint density at radius 3 is 2.67 bits per heavy atom. The van der Waals surface area contributed by atoms with Gasteiger partial charge in [0.15, 0.2) is 0 Å². The van der Waals surface area contributed by atoms with E-state index in [2.05, 4.69) is 36.5 Å². The van der Waals surface area contributed by atoms with Crippen LogP contribution in [0.2, 0.25) is 0 Å². The fourth-order valence-corrected chi connectivity index (χ4v) is 1.51. The second kappa shape index (κ2) is 4.72. The first-order valence-electron chi connectivity index (χ1n) is 5.31. The van der Waals surface area contributed by atoms with Gasteiger partial charge in [-0.3, -0.25) is 16.0 Å². The molecule has 1 heterocycles. The Morgan fingerprint density at radius 1 is 1.60 bits per heavy atom.